The molecule has 2 aromatic carbocycles. The SMILES string of the molecule is O=C(CS(=O)c1ccc(S(=O)C(F)(F)F)cc1[N+](=O)[O-])Nc1cc(S(=O)(=O)C(F)(F)F)ccc1Cl. The van der Waals surface area contributed by atoms with Crippen molar-refractivity contribution in [2.45, 2.75) is 25.7 Å². The number of hydrogen-bond donors (Lipinski definition) is 1. The minimum atomic E-state index is -5.80. The Morgan fingerprint density at radius 2 is 1.66 bits per heavy atom. The molecule has 0 saturated heterocycles. The number of nitrogens with one attached hydrogen (secondary N) is 1. The first-order valence-corrected chi connectivity index (χ1v) is 12.8. The van der Waals surface area contributed by atoms with E-state index in [4.69, 9.17) is 11.6 Å². The van der Waals surface area contributed by atoms with Crippen molar-refractivity contribution in [3.8, 4) is 0 Å². The lowest BCUT2D eigenvalue weighted by molar-refractivity contribution is -0.388. The first-order chi connectivity index (χ1) is 15.9. The fraction of sp³-hybridized carbons (Fsp3) is 0.188. The normalized spacial score (nSPS) is 14.3. The van der Waals surface area contributed by atoms with E-state index in [1.54, 1.807) is 0 Å². The molecule has 2 atom stereocenters. The van der Waals surface area contributed by atoms with E-state index in [0.29, 0.717) is 24.3 Å². The number of nitro groups is 1. The maximum Gasteiger partial charge on any atom is 0.501 e. The predicted molar refractivity (Wildman–Crippen MR) is 110 cm³/mol. The van der Waals surface area contributed by atoms with Gasteiger partial charge in [0.1, 0.15) is 10.6 Å². The number of rotatable bonds is 7. The summed E-state index contributed by atoms with van der Waals surface area (Å²) in [7, 11) is -12.0. The summed E-state index contributed by atoms with van der Waals surface area (Å²) in [4.78, 5) is 19.2. The fourth-order valence-electron chi connectivity index (χ4n) is 2.37. The van der Waals surface area contributed by atoms with E-state index < -0.39 is 90.1 Å². The smallest absolute Gasteiger partial charge is 0.324 e. The van der Waals surface area contributed by atoms with Crippen LogP contribution in [0.5, 0.6) is 0 Å². The highest BCUT2D eigenvalue weighted by atomic mass is 35.5. The number of carbonyl (C=O) groups is 1. The third-order valence-electron chi connectivity index (χ3n) is 3.89. The highest BCUT2D eigenvalue weighted by Gasteiger charge is 2.47. The Kier molecular flexibility index (Phi) is 8.35. The number of amides is 1. The summed E-state index contributed by atoms with van der Waals surface area (Å²) in [5.41, 5.74) is -12.7. The van der Waals surface area contributed by atoms with Crippen molar-refractivity contribution >= 4 is 60.3 Å². The average molecular weight is 587 g/mol. The van der Waals surface area contributed by atoms with E-state index in [2.05, 4.69) is 0 Å². The molecule has 0 spiro atoms. The van der Waals surface area contributed by atoms with Gasteiger partial charge in [0.05, 0.1) is 36.2 Å². The van der Waals surface area contributed by atoms with Crippen molar-refractivity contribution in [2.75, 3.05) is 11.1 Å². The van der Waals surface area contributed by atoms with Gasteiger partial charge in [-0.1, -0.05) is 11.6 Å². The average Bonchev–Trinajstić information content (AvgIpc) is 2.72. The number of sulfone groups is 1. The van der Waals surface area contributed by atoms with Crippen LogP contribution in [-0.2, 0) is 36.2 Å². The van der Waals surface area contributed by atoms with Gasteiger partial charge in [0.15, 0.2) is 10.8 Å². The number of benzene rings is 2. The molecule has 0 heterocycles. The zero-order valence-electron chi connectivity index (χ0n) is 16.3. The molecule has 192 valence electrons. The van der Waals surface area contributed by atoms with Gasteiger partial charge in [-0.25, -0.2) is 12.6 Å². The van der Waals surface area contributed by atoms with Crippen LogP contribution >= 0.6 is 11.6 Å². The molecule has 19 heteroatoms. The van der Waals surface area contributed by atoms with Crippen LogP contribution in [0.25, 0.3) is 0 Å². The van der Waals surface area contributed by atoms with E-state index >= 15 is 0 Å². The topological polar surface area (TPSA) is 141 Å². The van der Waals surface area contributed by atoms with Crippen molar-refractivity contribution in [1.29, 1.82) is 0 Å². The molecule has 0 radical (unpaired) electrons. The number of nitro benzene ring substituents is 1. The Bertz CT molecular complexity index is 1350. The van der Waals surface area contributed by atoms with E-state index in [-0.39, 0.29) is 6.07 Å². The van der Waals surface area contributed by atoms with Crippen molar-refractivity contribution in [1.82, 2.24) is 0 Å². The zero-order chi connectivity index (χ0) is 26.9. The van der Waals surface area contributed by atoms with Crippen LogP contribution in [0.4, 0.5) is 37.7 Å². The lowest BCUT2D eigenvalue weighted by Crippen LogP contribution is -2.24. The minimum Gasteiger partial charge on any atom is -0.324 e. The molecular weight excluding hydrogens is 578 g/mol. The summed E-state index contributed by atoms with van der Waals surface area (Å²) in [6.45, 7) is 0. The molecule has 1 N–H and O–H groups in total. The summed E-state index contributed by atoms with van der Waals surface area (Å²) in [5, 5.41) is 12.7. The highest BCUT2D eigenvalue weighted by Crippen LogP contribution is 2.34. The molecule has 0 bridgehead atoms. The van der Waals surface area contributed by atoms with Crippen LogP contribution in [-0.4, -0.2) is 44.4 Å². The molecule has 0 fully saturated rings. The zero-order valence-corrected chi connectivity index (χ0v) is 19.6. The van der Waals surface area contributed by atoms with Gasteiger partial charge < -0.3 is 5.32 Å². The molecule has 9 nitrogen and oxygen atoms in total. The summed E-state index contributed by atoms with van der Waals surface area (Å²) < 4.78 is 123. The Morgan fingerprint density at radius 3 is 2.17 bits per heavy atom. The van der Waals surface area contributed by atoms with Gasteiger partial charge in [-0.3, -0.25) is 19.1 Å². The predicted octanol–water partition coefficient (Wildman–Crippen LogP) is 3.92. The number of halogens is 7. The maximum atomic E-state index is 12.7. The number of anilines is 1. The summed E-state index contributed by atoms with van der Waals surface area (Å²) in [6, 6.07) is 3.08. The summed E-state index contributed by atoms with van der Waals surface area (Å²) in [6.07, 6.45) is 0. The van der Waals surface area contributed by atoms with Crippen LogP contribution in [0, 0.1) is 10.1 Å². The molecule has 0 saturated carbocycles. The summed E-state index contributed by atoms with van der Waals surface area (Å²) in [5.74, 6) is -2.33. The number of carbonyl (C=O) groups excluding carboxylic acids is 1. The van der Waals surface area contributed by atoms with Gasteiger partial charge in [0.2, 0.25) is 5.91 Å². The lowest BCUT2D eigenvalue weighted by Gasteiger charge is -2.12. The van der Waals surface area contributed by atoms with E-state index in [1.165, 1.54) is 0 Å². The monoisotopic (exact) mass is 586 g/mol. The lowest BCUT2D eigenvalue weighted by atomic mass is 10.3. The van der Waals surface area contributed by atoms with Gasteiger partial charge in [0, 0.05) is 6.07 Å². The second kappa shape index (κ2) is 10.2. The van der Waals surface area contributed by atoms with E-state index in [0.717, 1.165) is 6.07 Å². The van der Waals surface area contributed by atoms with E-state index in [1.807, 2.05) is 5.32 Å². The third kappa shape index (κ3) is 6.56. The molecule has 35 heavy (non-hydrogen) atoms. The quantitative estimate of drug-likeness (QED) is 0.295. The second-order valence-electron chi connectivity index (χ2n) is 6.23. The van der Waals surface area contributed by atoms with Crippen LogP contribution in [0.2, 0.25) is 5.02 Å². The van der Waals surface area contributed by atoms with Crippen molar-refractivity contribution in [2.24, 2.45) is 0 Å². The third-order valence-corrected chi connectivity index (χ3v) is 8.16. The number of alkyl halides is 6. The molecule has 2 rings (SSSR count). The molecule has 0 aliphatic heterocycles. The molecule has 0 aliphatic rings. The van der Waals surface area contributed by atoms with E-state index in [9.17, 15) is 58.1 Å². The summed E-state index contributed by atoms with van der Waals surface area (Å²) >= 11 is 5.73. The Hall–Kier alpha value is -2.57. The number of nitrogens with zero attached hydrogens (tertiary/aromatic N) is 1. The van der Waals surface area contributed by atoms with Crippen molar-refractivity contribution < 1.29 is 52.9 Å². The van der Waals surface area contributed by atoms with Gasteiger partial charge in [-0.05, 0) is 30.3 Å². The Balaban J connectivity index is 2.31. The van der Waals surface area contributed by atoms with Gasteiger partial charge >= 0.3 is 11.0 Å². The molecule has 0 aliphatic carbocycles. The first-order valence-electron chi connectivity index (χ1n) is 8.42. The second-order valence-corrected chi connectivity index (χ2v) is 11.5. The standard InChI is InChI=1S/C16H9ClF6N2O7S3/c17-10-3-2-9(35(31,32)16(21,22)23)6-11(10)24-14(26)7-33(29)13-4-1-8(5-12(13)25(27)28)34(30)15(18,19)20/h1-6H,7H2,(H,24,26). The largest absolute Gasteiger partial charge is 0.501 e. The van der Waals surface area contributed by atoms with Crippen molar-refractivity contribution in [3.05, 3.63) is 51.5 Å². The fourth-order valence-corrected chi connectivity index (χ4v) is 5.05. The van der Waals surface area contributed by atoms with Crippen LogP contribution in [0.1, 0.15) is 0 Å². The Morgan fingerprint density at radius 1 is 1.06 bits per heavy atom. The van der Waals surface area contributed by atoms with Crippen LogP contribution in [0.3, 0.4) is 0 Å². The minimum absolute atomic E-state index is 0.275. The van der Waals surface area contributed by atoms with Crippen molar-refractivity contribution in [3.63, 3.8) is 0 Å². The molecule has 0 aromatic heterocycles. The van der Waals surface area contributed by atoms with Gasteiger partial charge in [-0.2, -0.15) is 26.3 Å². The molecule has 1 amide bonds. The van der Waals surface area contributed by atoms with Gasteiger partial charge in [-0.15, -0.1) is 0 Å². The highest BCUT2D eigenvalue weighted by molar-refractivity contribution is 7.92. The first kappa shape index (κ1) is 28.7. The Labute approximate surface area is 201 Å². The van der Waals surface area contributed by atoms with Crippen LogP contribution in [0.15, 0.2) is 51.1 Å². The van der Waals surface area contributed by atoms with Crippen LogP contribution < -0.4 is 5.32 Å². The molecule has 2 unspecified atom stereocenters. The maximum absolute atomic E-state index is 12.7. The molecular formula is C16H9ClF6N2O7S3. The molecule has 2 aromatic rings. The van der Waals surface area contributed by atoms with Gasteiger partial charge in [0.25, 0.3) is 15.5 Å². The number of hydrogen-bond acceptors (Lipinski definition) is 7.